The van der Waals surface area contributed by atoms with Crippen molar-refractivity contribution in [2.24, 2.45) is 46.7 Å². The molecular weight excluding hydrogens is 344 g/mol. The Kier molecular flexibility index (Phi) is 5.61. The topological polar surface area (TPSA) is 35.2 Å². The number of hydrogen-bond donors (Lipinski definition) is 1. The zero-order valence-corrected chi connectivity index (χ0v) is 17.3. The molecule has 8 atom stereocenters. The van der Waals surface area contributed by atoms with E-state index in [1.807, 2.05) is 0 Å². The molecule has 156 valence electrons. The highest BCUT2D eigenvalue weighted by Gasteiger charge is 2.61. The highest BCUT2D eigenvalue weighted by Crippen LogP contribution is 2.65. The predicted molar refractivity (Wildman–Crippen MR) is 105 cm³/mol. The molecule has 2 N–H and O–H groups in total. The molecule has 0 heterocycles. The smallest absolute Gasteiger partial charge is 0.241 e. The predicted octanol–water partition coefficient (Wildman–Crippen LogP) is 5.64. The summed E-state index contributed by atoms with van der Waals surface area (Å²) in [6.07, 6.45) is 10.00. The van der Waals surface area contributed by atoms with Crippen LogP contribution >= 0.6 is 0 Å². The molecule has 0 aromatic rings. The molecule has 0 aliphatic heterocycles. The molecule has 0 aromatic carbocycles. The Balaban J connectivity index is 1.47. The van der Waals surface area contributed by atoms with E-state index in [0.29, 0.717) is 11.8 Å². The summed E-state index contributed by atoms with van der Waals surface area (Å²) in [7, 11) is 1.77. The van der Waals surface area contributed by atoms with Crippen molar-refractivity contribution in [2.45, 2.75) is 89.5 Å². The van der Waals surface area contributed by atoms with Gasteiger partial charge < -0.3 is 10.5 Å². The molecule has 4 saturated carbocycles. The fourth-order valence-corrected chi connectivity index (χ4v) is 8.23. The quantitative estimate of drug-likeness (QED) is 0.623. The van der Waals surface area contributed by atoms with Crippen molar-refractivity contribution in [1.29, 1.82) is 0 Å². The summed E-state index contributed by atoms with van der Waals surface area (Å²) in [6.45, 7) is 3.29. The number of fused-ring (bicyclic) bond motifs is 5. The lowest BCUT2D eigenvalue weighted by molar-refractivity contribution is -0.0848. The van der Waals surface area contributed by atoms with E-state index in [-0.39, 0.29) is 16.9 Å². The normalized spacial score (nSPS) is 49.6. The van der Waals surface area contributed by atoms with Crippen LogP contribution in [0.1, 0.15) is 77.6 Å². The van der Waals surface area contributed by atoms with Gasteiger partial charge in [-0.1, -0.05) is 6.92 Å². The molecule has 27 heavy (non-hydrogen) atoms. The van der Waals surface area contributed by atoms with Crippen molar-refractivity contribution in [1.82, 2.24) is 0 Å². The summed E-state index contributed by atoms with van der Waals surface area (Å²) in [5, 5.41) is 0. The fourth-order valence-electron chi connectivity index (χ4n) is 8.23. The summed E-state index contributed by atoms with van der Waals surface area (Å²) < 4.78 is 31.7. The van der Waals surface area contributed by atoms with Crippen LogP contribution in [0.15, 0.2) is 0 Å². The fraction of sp³-hybridized carbons (Fsp3) is 1.00. The third-order valence-electron chi connectivity index (χ3n) is 9.75. The molecule has 4 aliphatic carbocycles. The van der Waals surface area contributed by atoms with Crippen LogP contribution in [0.3, 0.4) is 0 Å². The van der Waals surface area contributed by atoms with Gasteiger partial charge in [-0.05, 0) is 106 Å². The Hall–Kier alpha value is -0.220. The average molecular weight is 384 g/mol. The van der Waals surface area contributed by atoms with Crippen LogP contribution in [0.5, 0.6) is 0 Å². The Morgan fingerprint density at radius 3 is 2.52 bits per heavy atom. The Labute approximate surface area is 164 Å². The number of methoxy groups -OCH3 is 1. The lowest BCUT2D eigenvalue weighted by Gasteiger charge is -2.58. The number of ether oxygens (including phenoxy) is 1. The van der Waals surface area contributed by atoms with Gasteiger partial charge in [-0.25, -0.2) is 8.78 Å². The minimum Gasteiger partial charge on any atom is -0.385 e. The minimum absolute atomic E-state index is 0.0364. The van der Waals surface area contributed by atoms with Gasteiger partial charge in [0, 0.05) is 25.2 Å². The van der Waals surface area contributed by atoms with E-state index in [2.05, 4.69) is 6.92 Å². The summed E-state index contributed by atoms with van der Waals surface area (Å²) in [5.74, 6) is 3.26. The van der Waals surface area contributed by atoms with Gasteiger partial charge in [0.15, 0.2) is 0 Å². The zero-order chi connectivity index (χ0) is 19.2. The highest BCUT2D eigenvalue weighted by molar-refractivity contribution is 5.14. The van der Waals surface area contributed by atoms with Gasteiger partial charge in [-0.15, -0.1) is 0 Å². The first-order valence-corrected chi connectivity index (χ1v) is 11.5. The van der Waals surface area contributed by atoms with Gasteiger partial charge in [0.25, 0.3) is 0 Å². The Bertz CT molecular complexity index is 529. The van der Waals surface area contributed by atoms with Crippen molar-refractivity contribution in [3.63, 3.8) is 0 Å². The van der Waals surface area contributed by atoms with Crippen LogP contribution in [0.25, 0.3) is 0 Å². The van der Waals surface area contributed by atoms with Crippen molar-refractivity contribution >= 4 is 0 Å². The SMILES string of the molecule is COCCCC1(N)CCC2C3CCC4CC(C(F)F)CCC4C3CCC21C. The van der Waals surface area contributed by atoms with Crippen molar-refractivity contribution < 1.29 is 13.5 Å². The first-order chi connectivity index (χ1) is 12.9. The largest absolute Gasteiger partial charge is 0.385 e. The van der Waals surface area contributed by atoms with Crippen LogP contribution in [0, 0.1) is 40.9 Å². The second-order valence-electron chi connectivity index (χ2n) is 10.6. The minimum atomic E-state index is -2.11. The highest BCUT2D eigenvalue weighted by atomic mass is 19.3. The molecule has 0 radical (unpaired) electrons. The summed E-state index contributed by atoms with van der Waals surface area (Å²) in [5.41, 5.74) is 7.28. The molecule has 0 spiro atoms. The van der Waals surface area contributed by atoms with Crippen molar-refractivity contribution in [3.05, 3.63) is 0 Å². The summed E-state index contributed by atoms with van der Waals surface area (Å²) in [4.78, 5) is 0. The molecule has 4 rings (SSSR count). The number of hydrogen-bond acceptors (Lipinski definition) is 2. The molecule has 0 amide bonds. The van der Waals surface area contributed by atoms with Gasteiger partial charge in [-0.2, -0.15) is 0 Å². The number of nitrogens with two attached hydrogens (primary N) is 1. The lowest BCUT2D eigenvalue weighted by atomic mass is 9.48. The average Bonchev–Trinajstić information content (AvgIpc) is 2.92. The van der Waals surface area contributed by atoms with E-state index in [1.165, 1.54) is 32.1 Å². The second-order valence-corrected chi connectivity index (χ2v) is 10.6. The van der Waals surface area contributed by atoms with Gasteiger partial charge in [0.1, 0.15) is 0 Å². The first kappa shape index (κ1) is 20.1. The molecule has 0 saturated heterocycles. The monoisotopic (exact) mass is 383 g/mol. The maximum Gasteiger partial charge on any atom is 0.241 e. The van der Waals surface area contributed by atoms with Gasteiger partial charge in [0.05, 0.1) is 0 Å². The maximum absolute atomic E-state index is 13.2. The first-order valence-electron chi connectivity index (χ1n) is 11.5. The summed E-state index contributed by atoms with van der Waals surface area (Å²) in [6, 6.07) is 0. The molecule has 2 nitrogen and oxygen atoms in total. The molecule has 4 fully saturated rings. The molecule has 4 heteroatoms. The van der Waals surface area contributed by atoms with Crippen LogP contribution in [0.2, 0.25) is 0 Å². The molecule has 0 bridgehead atoms. The van der Waals surface area contributed by atoms with Crippen molar-refractivity contribution in [3.8, 4) is 0 Å². The third-order valence-corrected chi connectivity index (χ3v) is 9.75. The van der Waals surface area contributed by atoms with Gasteiger partial charge >= 0.3 is 0 Å². The van der Waals surface area contributed by atoms with Crippen LogP contribution in [-0.2, 0) is 4.74 Å². The van der Waals surface area contributed by atoms with E-state index in [9.17, 15) is 8.78 Å². The molecule has 0 aromatic heterocycles. The van der Waals surface area contributed by atoms with E-state index < -0.39 is 6.43 Å². The van der Waals surface area contributed by atoms with Gasteiger partial charge in [0.2, 0.25) is 6.43 Å². The van der Waals surface area contributed by atoms with Crippen LogP contribution < -0.4 is 5.73 Å². The number of halogens is 2. The van der Waals surface area contributed by atoms with E-state index in [4.69, 9.17) is 10.5 Å². The van der Waals surface area contributed by atoms with Crippen molar-refractivity contribution in [2.75, 3.05) is 13.7 Å². The molecular formula is C23H39F2NO. The van der Waals surface area contributed by atoms with E-state index in [0.717, 1.165) is 62.9 Å². The van der Waals surface area contributed by atoms with Crippen LogP contribution in [-0.4, -0.2) is 25.7 Å². The molecule has 4 aliphatic rings. The van der Waals surface area contributed by atoms with E-state index in [1.54, 1.807) is 7.11 Å². The van der Waals surface area contributed by atoms with E-state index >= 15 is 0 Å². The van der Waals surface area contributed by atoms with Gasteiger partial charge in [-0.3, -0.25) is 0 Å². The van der Waals surface area contributed by atoms with Crippen LogP contribution in [0.4, 0.5) is 8.78 Å². The standard InChI is InChI=1S/C23H39F2NO/c1-22-11-8-18-17-6-5-16(21(24)25)14-15(17)4-7-19(18)20(22)9-12-23(22,26)10-3-13-27-2/h15-21H,3-14,26H2,1-2H3. The maximum atomic E-state index is 13.2. The number of alkyl halides is 2. The zero-order valence-electron chi connectivity index (χ0n) is 17.3. The Morgan fingerprint density at radius 1 is 1.00 bits per heavy atom. The molecule has 8 unspecified atom stereocenters. The third kappa shape index (κ3) is 3.27. The Morgan fingerprint density at radius 2 is 1.78 bits per heavy atom. The number of rotatable bonds is 5. The second kappa shape index (κ2) is 7.55. The summed E-state index contributed by atoms with van der Waals surface area (Å²) >= 11 is 0. The lowest BCUT2D eigenvalue weighted by Crippen LogP contribution is -2.57.